The molecule has 2 fully saturated rings. The Bertz CT molecular complexity index is 589. The van der Waals surface area contributed by atoms with E-state index in [-0.39, 0.29) is 0 Å². The van der Waals surface area contributed by atoms with E-state index in [9.17, 15) is 0 Å². The van der Waals surface area contributed by atoms with E-state index in [0.29, 0.717) is 5.41 Å². The maximum atomic E-state index is 2.48. The molecule has 4 rings (SSSR count). The predicted octanol–water partition coefficient (Wildman–Crippen LogP) is 3.04. The van der Waals surface area contributed by atoms with Gasteiger partial charge in [0, 0.05) is 18.5 Å². The minimum absolute atomic E-state index is 0.499. The lowest BCUT2D eigenvalue weighted by molar-refractivity contribution is 0.363. The molecule has 1 unspecified atom stereocenters. The van der Waals surface area contributed by atoms with Crippen molar-refractivity contribution >= 4 is 10.8 Å². The number of hydrogen-bond acceptors (Lipinski definition) is 1. The standard InChI is InChI=1S/C16H17N/c1-17-10-15-9-16(15,11-17)14-7-6-12-4-2-3-5-13(12)8-14/h2-8,15H,9-11H2,1H3/t15-,16?/m1/s1. The number of rotatable bonds is 1. The molecule has 2 aliphatic rings. The topological polar surface area (TPSA) is 3.24 Å². The Labute approximate surface area is 102 Å². The number of likely N-dealkylation sites (tertiary alicyclic amines) is 1. The second kappa shape index (κ2) is 3.11. The number of piperidine rings is 1. The van der Waals surface area contributed by atoms with E-state index in [1.807, 2.05) is 0 Å². The summed E-state index contributed by atoms with van der Waals surface area (Å²) in [4.78, 5) is 2.48. The van der Waals surface area contributed by atoms with Crippen molar-refractivity contribution in [2.75, 3.05) is 20.1 Å². The molecule has 17 heavy (non-hydrogen) atoms. The molecule has 0 radical (unpaired) electrons. The lowest BCUT2D eigenvalue weighted by Gasteiger charge is -2.17. The molecule has 1 saturated carbocycles. The van der Waals surface area contributed by atoms with E-state index in [2.05, 4.69) is 54.4 Å². The second-order valence-electron chi connectivity index (χ2n) is 5.82. The number of fused-ring (bicyclic) bond motifs is 2. The molecule has 2 atom stereocenters. The normalized spacial score (nSPS) is 31.7. The van der Waals surface area contributed by atoms with Crippen LogP contribution in [0.2, 0.25) is 0 Å². The first-order valence-corrected chi connectivity index (χ1v) is 6.46. The van der Waals surface area contributed by atoms with Crippen LogP contribution in [0.3, 0.4) is 0 Å². The highest BCUT2D eigenvalue weighted by Crippen LogP contribution is 2.58. The molecular weight excluding hydrogens is 206 g/mol. The van der Waals surface area contributed by atoms with Gasteiger partial charge in [-0.1, -0.05) is 42.5 Å². The van der Waals surface area contributed by atoms with Crippen molar-refractivity contribution in [3.05, 3.63) is 48.0 Å². The van der Waals surface area contributed by atoms with Gasteiger partial charge in [-0.15, -0.1) is 0 Å². The number of benzene rings is 2. The molecule has 2 aromatic carbocycles. The van der Waals surface area contributed by atoms with E-state index in [1.165, 1.54) is 30.3 Å². The first-order chi connectivity index (χ1) is 8.28. The van der Waals surface area contributed by atoms with Crippen LogP contribution in [-0.4, -0.2) is 25.0 Å². The third kappa shape index (κ3) is 1.29. The van der Waals surface area contributed by atoms with E-state index >= 15 is 0 Å². The maximum absolute atomic E-state index is 2.48. The first-order valence-electron chi connectivity index (χ1n) is 6.46. The lowest BCUT2D eigenvalue weighted by Crippen LogP contribution is -2.22. The molecule has 1 heterocycles. The summed E-state index contributed by atoms with van der Waals surface area (Å²) >= 11 is 0. The fourth-order valence-corrected chi connectivity index (χ4v) is 3.68. The SMILES string of the molecule is CN1C[C@H]2CC2(c2ccc3ccccc3c2)C1. The van der Waals surface area contributed by atoms with Crippen LogP contribution in [0, 0.1) is 5.92 Å². The molecule has 1 aliphatic carbocycles. The summed E-state index contributed by atoms with van der Waals surface area (Å²) in [5.74, 6) is 0.911. The van der Waals surface area contributed by atoms with Gasteiger partial charge in [-0.3, -0.25) is 0 Å². The van der Waals surface area contributed by atoms with Crippen molar-refractivity contribution in [2.24, 2.45) is 5.92 Å². The third-order valence-corrected chi connectivity index (χ3v) is 4.64. The van der Waals surface area contributed by atoms with Gasteiger partial charge in [-0.25, -0.2) is 0 Å². The van der Waals surface area contributed by atoms with Gasteiger partial charge < -0.3 is 4.90 Å². The Balaban J connectivity index is 1.82. The van der Waals surface area contributed by atoms with Gasteiger partial charge in [0.2, 0.25) is 0 Å². The van der Waals surface area contributed by atoms with Crippen LogP contribution in [0.4, 0.5) is 0 Å². The Morgan fingerprint density at radius 3 is 2.71 bits per heavy atom. The Hall–Kier alpha value is -1.34. The fraction of sp³-hybridized carbons (Fsp3) is 0.375. The minimum Gasteiger partial charge on any atom is -0.305 e. The van der Waals surface area contributed by atoms with Gasteiger partial charge in [0.25, 0.3) is 0 Å². The minimum atomic E-state index is 0.499. The summed E-state index contributed by atoms with van der Waals surface area (Å²) in [5.41, 5.74) is 2.06. The molecule has 1 aliphatic heterocycles. The summed E-state index contributed by atoms with van der Waals surface area (Å²) in [6.45, 7) is 2.53. The molecule has 0 amide bonds. The van der Waals surface area contributed by atoms with Gasteiger partial charge >= 0.3 is 0 Å². The van der Waals surface area contributed by atoms with Crippen molar-refractivity contribution in [3.63, 3.8) is 0 Å². The van der Waals surface area contributed by atoms with Crippen LogP contribution in [0.5, 0.6) is 0 Å². The Morgan fingerprint density at radius 2 is 1.94 bits per heavy atom. The van der Waals surface area contributed by atoms with Crippen LogP contribution in [0.25, 0.3) is 10.8 Å². The number of hydrogen-bond donors (Lipinski definition) is 0. The molecule has 1 saturated heterocycles. The van der Waals surface area contributed by atoms with Crippen LogP contribution < -0.4 is 0 Å². The van der Waals surface area contributed by atoms with Gasteiger partial charge in [-0.2, -0.15) is 0 Å². The molecule has 1 heteroatoms. The summed E-state index contributed by atoms with van der Waals surface area (Å²) in [5, 5.41) is 2.75. The van der Waals surface area contributed by atoms with Gasteiger partial charge in [0.05, 0.1) is 0 Å². The predicted molar refractivity (Wildman–Crippen MR) is 71.2 cm³/mol. The summed E-state index contributed by atoms with van der Waals surface area (Å²) < 4.78 is 0. The highest BCUT2D eigenvalue weighted by atomic mass is 15.2. The number of likely N-dealkylation sites (N-methyl/N-ethyl adjacent to an activating group) is 1. The van der Waals surface area contributed by atoms with Crippen LogP contribution in [0.15, 0.2) is 42.5 Å². The summed E-state index contributed by atoms with van der Waals surface area (Å²) in [6.07, 6.45) is 1.40. The second-order valence-corrected chi connectivity index (χ2v) is 5.82. The van der Waals surface area contributed by atoms with Crippen molar-refractivity contribution in [1.82, 2.24) is 4.90 Å². The molecule has 0 spiro atoms. The average Bonchev–Trinajstić information content (AvgIpc) is 2.93. The molecule has 0 aromatic heterocycles. The van der Waals surface area contributed by atoms with Crippen LogP contribution in [0.1, 0.15) is 12.0 Å². The molecular formula is C16H17N. The Kier molecular flexibility index (Phi) is 1.77. The van der Waals surface area contributed by atoms with E-state index in [0.717, 1.165) is 5.92 Å². The van der Waals surface area contributed by atoms with E-state index in [1.54, 1.807) is 5.56 Å². The zero-order chi connectivity index (χ0) is 11.5. The molecule has 86 valence electrons. The van der Waals surface area contributed by atoms with Crippen molar-refractivity contribution in [2.45, 2.75) is 11.8 Å². The lowest BCUT2D eigenvalue weighted by atomic mass is 9.93. The van der Waals surface area contributed by atoms with Crippen molar-refractivity contribution in [1.29, 1.82) is 0 Å². The molecule has 0 N–H and O–H groups in total. The number of nitrogens with zero attached hydrogens (tertiary/aromatic N) is 1. The van der Waals surface area contributed by atoms with Gasteiger partial charge in [0.15, 0.2) is 0 Å². The van der Waals surface area contributed by atoms with Gasteiger partial charge in [-0.05, 0) is 35.7 Å². The highest BCUT2D eigenvalue weighted by molar-refractivity contribution is 5.83. The summed E-state index contributed by atoms with van der Waals surface area (Å²) in [7, 11) is 2.24. The maximum Gasteiger partial charge on any atom is 0.0124 e. The molecule has 0 bridgehead atoms. The van der Waals surface area contributed by atoms with Gasteiger partial charge in [0.1, 0.15) is 0 Å². The zero-order valence-electron chi connectivity index (χ0n) is 10.2. The van der Waals surface area contributed by atoms with Crippen LogP contribution >= 0.6 is 0 Å². The Morgan fingerprint density at radius 1 is 1.12 bits per heavy atom. The van der Waals surface area contributed by atoms with E-state index in [4.69, 9.17) is 0 Å². The monoisotopic (exact) mass is 223 g/mol. The average molecular weight is 223 g/mol. The van der Waals surface area contributed by atoms with Crippen molar-refractivity contribution < 1.29 is 0 Å². The smallest absolute Gasteiger partial charge is 0.0124 e. The molecule has 1 nitrogen and oxygen atoms in total. The molecule has 2 aromatic rings. The highest BCUT2D eigenvalue weighted by Gasteiger charge is 2.59. The van der Waals surface area contributed by atoms with Crippen molar-refractivity contribution in [3.8, 4) is 0 Å². The quantitative estimate of drug-likeness (QED) is 0.718. The third-order valence-electron chi connectivity index (χ3n) is 4.64. The first kappa shape index (κ1) is 9.67. The fourth-order valence-electron chi connectivity index (χ4n) is 3.68. The van der Waals surface area contributed by atoms with Crippen LogP contribution in [-0.2, 0) is 5.41 Å². The van der Waals surface area contributed by atoms with E-state index < -0.39 is 0 Å². The largest absolute Gasteiger partial charge is 0.305 e. The zero-order valence-corrected chi connectivity index (χ0v) is 10.2. The summed E-state index contributed by atoms with van der Waals surface area (Å²) in [6, 6.07) is 15.7.